The molecular weight excluding hydrogens is 456 g/mol. The van der Waals surface area contributed by atoms with E-state index in [0.29, 0.717) is 36.3 Å². The molecule has 0 spiro atoms. The lowest BCUT2D eigenvalue weighted by molar-refractivity contribution is -0.305. The summed E-state index contributed by atoms with van der Waals surface area (Å²) in [6.45, 7) is 1.01. The Bertz CT molecular complexity index is 1300. The topological polar surface area (TPSA) is 125 Å². The first-order valence-electron chi connectivity index (χ1n) is 11.6. The smallest absolute Gasteiger partial charge is 0.251 e. The molecule has 4 rings (SSSR count). The van der Waals surface area contributed by atoms with Gasteiger partial charge in [0.25, 0.3) is 5.91 Å². The molecule has 1 aliphatic rings. The van der Waals surface area contributed by atoms with Gasteiger partial charge in [-0.2, -0.15) is 5.26 Å². The van der Waals surface area contributed by atoms with Gasteiger partial charge in [-0.1, -0.05) is 48.5 Å². The van der Waals surface area contributed by atoms with Gasteiger partial charge in [0.15, 0.2) is 0 Å². The lowest BCUT2D eigenvalue weighted by Crippen LogP contribution is -2.44. The third kappa shape index (κ3) is 6.07. The Kier molecular flexibility index (Phi) is 7.61. The molecule has 0 aliphatic carbocycles. The number of benzene rings is 3. The van der Waals surface area contributed by atoms with Crippen LogP contribution in [-0.2, 0) is 29.1 Å². The van der Waals surface area contributed by atoms with Crippen LogP contribution < -0.4 is 15.7 Å². The van der Waals surface area contributed by atoms with Crippen LogP contribution in [0.3, 0.4) is 0 Å². The number of carbonyl (C=O) groups excluding carboxylic acids is 3. The van der Waals surface area contributed by atoms with Crippen molar-refractivity contribution in [3.63, 3.8) is 0 Å². The summed E-state index contributed by atoms with van der Waals surface area (Å²) >= 11 is 0. The van der Waals surface area contributed by atoms with Gasteiger partial charge in [0, 0.05) is 43.3 Å². The van der Waals surface area contributed by atoms with Crippen molar-refractivity contribution in [1.82, 2.24) is 10.2 Å². The van der Waals surface area contributed by atoms with Crippen molar-refractivity contribution in [2.24, 2.45) is 0 Å². The third-order valence-electron chi connectivity index (χ3n) is 6.09. The van der Waals surface area contributed by atoms with E-state index in [1.54, 1.807) is 47.4 Å². The van der Waals surface area contributed by atoms with E-state index in [1.807, 2.05) is 30.3 Å². The van der Waals surface area contributed by atoms with Crippen LogP contribution in [0.2, 0.25) is 0 Å². The minimum absolute atomic E-state index is 0.286. The SMILES string of the molecule is N#Cc1ccc(CNC(=O)c2ccc3c(c2)NC(CC(=O)[O-])C(=O)N(CCc2ccccc2)C3)cc1. The van der Waals surface area contributed by atoms with E-state index in [-0.39, 0.29) is 18.4 Å². The molecule has 2 amide bonds. The maximum atomic E-state index is 13.2. The first-order chi connectivity index (χ1) is 17.4. The van der Waals surface area contributed by atoms with E-state index in [9.17, 15) is 19.5 Å². The number of nitrogens with zero attached hydrogens (tertiary/aromatic N) is 2. The van der Waals surface area contributed by atoms with Gasteiger partial charge in [0.05, 0.1) is 11.6 Å². The quantitative estimate of drug-likeness (QED) is 0.507. The summed E-state index contributed by atoms with van der Waals surface area (Å²) < 4.78 is 0. The number of hydrogen-bond acceptors (Lipinski definition) is 6. The Balaban J connectivity index is 1.50. The molecule has 0 aromatic heterocycles. The van der Waals surface area contributed by atoms with Crippen LogP contribution in [0.25, 0.3) is 0 Å². The van der Waals surface area contributed by atoms with Gasteiger partial charge >= 0.3 is 0 Å². The number of aliphatic carboxylic acids is 1. The molecule has 0 saturated carbocycles. The van der Waals surface area contributed by atoms with Gasteiger partial charge in [-0.25, -0.2) is 0 Å². The first kappa shape index (κ1) is 24.5. The van der Waals surface area contributed by atoms with E-state index < -0.39 is 18.4 Å². The number of carboxylic acids is 1. The zero-order valence-corrected chi connectivity index (χ0v) is 19.6. The van der Waals surface area contributed by atoms with Gasteiger partial charge in [-0.15, -0.1) is 0 Å². The second kappa shape index (κ2) is 11.2. The van der Waals surface area contributed by atoms with Crippen molar-refractivity contribution in [2.45, 2.75) is 32.0 Å². The highest BCUT2D eigenvalue weighted by atomic mass is 16.4. The number of amides is 2. The average Bonchev–Trinajstić information content (AvgIpc) is 3.02. The monoisotopic (exact) mass is 481 g/mol. The number of rotatable bonds is 8. The van der Waals surface area contributed by atoms with E-state index in [1.165, 1.54) is 0 Å². The van der Waals surface area contributed by atoms with E-state index in [0.717, 1.165) is 16.7 Å². The van der Waals surface area contributed by atoms with Crippen molar-refractivity contribution < 1.29 is 19.5 Å². The molecule has 36 heavy (non-hydrogen) atoms. The number of carbonyl (C=O) groups is 3. The number of fused-ring (bicyclic) bond motifs is 1. The Morgan fingerprint density at radius 3 is 2.50 bits per heavy atom. The molecule has 0 bridgehead atoms. The van der Waals surface area contributed by atoms with E-state index in [2.05, 4.69) is 16.7 Å². The molecule has 0 saturated heterocycles. The van der Waals surface area contributed by atoms with Crippen LogP contribution in [0.5, 0.6) is 0 Å². The summed E-state index contributed by atoms with van der Waals surface area (Å²) in [4.78, 5) is 39.0. The van der Waals surface area contributed by atoms with Crippen LogP contribution >= 0.6 is 0 Å². The molecule has 1 atom stereocenters. The highest BCUT2D eigenvalue weighted by Gasteiger charge is 2.29. The van der Waals surface area contributed by atoms with Crippen molar-refractivity contribution in [3.05, 3.63) is 101 Å². The molecule has 3 aromatic carbocycles. The molecule has 8 heteroatoms. The van der Waals surface area contributed by atoms with Gasteiger partial charge in [0.1, 0.15) is 6.04 Å². The fourth-order valence-corrected chi connectivity index (χ4v) is 4.13. The van der Waals surface area contributed by atoms with Gasteiger partial charge < -0.3 is 25.4 Å². The largest absolute Gasteiger partial charge is 0.550 e. The third-order valence-corrected chi connectivity index (χ3v) is 6.09. The molecule has 182 valence electrons. The summed E-state index contributed by atoms with van der Waals surface area (Å²) in [7, 11) is 0. The van der Waals surface area contributed by atoms with Crippen molar-refractivity contribution in [1.29, 1.82) is 5.26 Å². The van der Waals surface area contributed by atoms with Gasteiger partial charge in [0.2, 0.25) is 5.91 Å². The highest BCUT2D eigenvalue weighted by Crippen LogP contribution is 2.26. The number of nitriles is 1. The Morgan fingerprint density at radius 2 is 1.81 bits per heavy atom. The Hall–Kier alpha value is -4.64. The minimum Gasteiger partial charge on any atom is -0.550 e. The number of nitrogens with one attached hydrogen (secondary N) is 2. The maximum Gasteiger partial charge on any atom is 0.251 e. The second-order valence-electron chi connectivity index (χ2n) is 8.63. The average molecular weight is 482 g/mol. The number of anilines is 1. The standard InChI is InChI=1S/C28H26N4O4/c29-16-20-6-8-21(9-7-20)17-30-27(35)22-10-11-23-18-32(13-12-19-4-2-1-3-5-19)28(36)25(15-26(33)34)31-24(23)14-22/h1-11,14,25,31H,12-13,15,17-18H2,(H,30,35)(H,33,34)/p-1. The lowest BCUT2D eigenvalue weighted by Gasteiger charge is -2.25. The number of hydrogen-bond donors (Lipinski definition) is 2. The van der Waals surface area contributed by atoms with E-state index >= 15 is 0 Å². The number of carboxylic acid groups (broad SMARTS) is 1. The molecule has 2 N–H and O–H groups in total. The van der Waals surface area contributed by atoms with Crippen LogP contribution in [0.4, 0.5) is 5.69 Å². The van der Waals surface area contributed by atoms with Crippen molar-refractivity contribution in [2.75, 3.05) is 11.9 Å². The van der Waals surface area contributed by atoms with Crippen LogP contribution in [0.1, 0.15) is 39.0 Å². The molecular formula is C28H25N4O4-. The molecule has 1 unspecified atom stereocenters. The summed E-state index contributed by atoms with van der Waals surface area (Å²) in [5.41, 5.74) is 4.19. The van der Waals surface area contributed by atoms with Gasteiger partial charge in [-0.3, -0.25) is 9.59 Å². The predicted molar refractivity (Wildman–Crippen MR) is 131 cm³/mol. The van der Waals surface area contributed by atoms with Crippen molar-refractivity contribution >= 4 is 23.5 Å². The highest BCUT2D eigenvalue weighted by molar-refractivity contribution is 5.96. The normalized spacial score (nSPS) is 14.7. The molecule has 1 heterocycles. The molecule has 1 aliphatic heterocycles. The fraction of sp³-hybridized carbons (Fsp3) is 0.214. The summed E-state index contributed by atoms with van der Waals surface area (Å²) in [6, 6.07) is 22.8. The van der Waals surface area contributed by atoms with E-state index in [4.69, 9.17) is 5.26 Å². The van der Waals surface area contributed by atoms with Crippen LogP contribution in [0.15, 0.2) is 72.8 Å². The summed E-state index contributed by atoms with van der Waals surface area (Å²) in [5.74, 6) is -1.96. The summed E-state index contributed by atoms with van der Waals surface area (Å²) in [5, 5.41) is 26.1. The summed E-state index contributed by atoms with van der Waals surface area (Å²) in [6.07, 6.45) is 0.158. The van der Waals surface area contributed by atoms with Crippen LogP contribution in [0, 0.1) is 11.3 Å². The molecule has 0 fully saturated rings. The first-order valence-corrected chi connectivity index (χ1v) is 11.6. The zero-order chi connectivity index (χ0) is 25.5. The molecule has 3 aromatic rings. The Morgan fingerprint density at radius 1 is 1.06 bits per heavy atom. The maximum absolute atomic E-state index is 13.2. The molecule has 8 nitrogen and oxygen atoms in total. The van der Waals surface area contributed by atoms with Crippen molar-refractivity contribution in [3.8, 4) is 6.07 Å². The zero-order valence-electron chi connectivity index (χ0n) is 19.6. The predicted octanol–water partition coefficient (Wildman–Crippen LogP) is 1.99. The minimum atomic E-state index is -1.33. The second-order valence-corrected chi connectivity index (χ2v) is 8.63. The Labute approximate surface area is 209 Å². The van der Waals surface area contributed by atoms with Crippen LogP contribution in [-0.4, -0.2) is 35.3 Å². The molecule has 0 radical (unpaired) electrons. The van der Waals surface area contributed by atoms with Gasteiger partial charge in [-0.05, 0) is 47.4 Å². The fourth-order valence-electron chi connectivity index (χ4n) is 4.13. The lowest BCUT2D eigenvalue weighted by atomic mass is 10.1.